The van der Waals surface area contributed by atoms with Crippen LogP contribution in [0.5, 0.6) is 11.5 Å². The molecule has 0 aliphatic heterocycles. The Balaban J connectivity index is 1.72. The number of nitrogens with zero attached hydrogens (tertiary/aromatic N) is 1. The first-order valence-electron chi connectivity index (χ1n) is 8.71. The smallest absolute Gasteiger partial charge is 0.238 e. The van der Waals surface area contributed by atoms with E-state index >= 15 is 0 Å². The molecule has 31 heavy (non-hydrogen) atoms. The van der Waals surface area contributed by atoms with Crippen molar-refractivity contribution in [2.24, 2.45) is 5.14 Å². The minimum atomic E-state index is -3.80. The van der Waals surface area contributed by atoms with Crippen molar-refractivity contribution in [2.75, 3.05) is 5.32 Å². The van der Waals surface area contributed by atoms with Crippen molar-refractivity contribution >= 4 is 50.5 Å². The van der Waals surface area contributed by atoms with Crippen LogP contribution in [0.4, 0.5) is 11.4 Å². The number of nitrogens with two attached hydrogens (primary N) is 1. The zero-order valence-corrected chi connectivity index (χ0v) is 18.1. The van der Waals surface area contributed by atoms with E-state index in [9.17, 15) is 13.2 Å². The van der Waals surface area contributed by atoms with Gasteiger partial charge in [0.15, 0.2) is 5.69 Å². The Labute approximate surface area is 189 Å². The Kier molecular flexibility index (Phi) is 6.83. The molecule has 0 radical (unpaired) electrons. The molecule has 0 spiro atoms. The molecule has 1 amide bonds. The number of carbonyl (C=O) groups is 1. The van der Waals surface area contributed by atoms with Crippen LogP contribution in [0.3, 0.4) is 0 Å². The molecule has 0 saturated carbocycles. The maximum atomic E-state index is 12.4. The third-order valence-electron chi connectivity index (χ3n) is 4.04. The summed E-state index contributed by atoms with van der Waals surface area (Å²) in [7, 11) is -3.80. The summed E-state index contributed by atoms with van der Waals surface area (Å²) in [6.45, 7) is 7.11. The molecular formula is C21H15Cl2N3O4S. The first-order valence-corrected chi connectivity index (χ1v) is 11.0. The van der Waals surface area contributed by atoms with E-state index < -0.39 is 10.0 Å². The van der Waals surface area contributed by atoms with Gasteiger partial charge in [-0.05, 0) is 60.2 Å². The number of anilines is 1. The number of nitrogens with one attached hydrogen (secondary N) is 1. The summed E-state index contributed by atoms with van der Waals surface area (Å²) in [5.41, 5.74) is 1.38. The number of rotatable bonds is 6. The van der Waals surface area contributed by atoms with Crippen LogP contribution < -0.4 is 15.2 Å². The molecule has 0 aliphatic rings. The second kappa shape index (κ2) is 9.37. The lowest BCUT2D eigenvalue weighted by Gasteiger charge is -2.11. The summed E-state index contributed by atoms with van der Waals surface area (Å²) in [6.07, 6.45) is 0.0211. The maximum Gasteiger partial charge on any atom is 0.238 e. The zero-order valence-electron chi connectivity index (χ0n) is 15.8. The topological polar surface area (TPSA) is 103 Å². The normalized spacial score (nSPS) is 10.9. The van der Waals surface area contributed by atoms with Gasteiger partial charge in [-0.3, -0.25) is 4.79 Å². The van der Waals surface area contributed by atoms with Gasteiger partial charge in [0.1, 0.15) is 11.5 Å². The molecule has 3 rings (SSSR count). The predicted molar refractivity (Wildman–Crippen MR) is 119 cm³/mol. The first-order chi connectivity index (χ1) is 14.6. The number of primary sulfonamides is 1. The van der Waals surface area contributed by atoms with Gasteiger partial charge in [-0.15, -0.1) is 0 Å². The van der Waals surface area contributed by atoms with E-state index in [2.05, 4.69) is 10.2 Å². The average molecular weight is 476 g/mol. The fraction of sp³-hybridized carbons (Fsp3) is 0.0476. The second-order valence-corrected chi connectivity index (χ2v) is 8.82. The fourth-order valence-electron chi connectivity index (χ4n) is 2.65. The Bertz CT molecular complexity index is 1290. The van der Waals surface area contributed by atoms with E-state index in [-0.39, 0.29) is 17.2 Å². The van der Waals surface area contributed by atoms with Crippen molar-refractivity contribution in [3.05, 3.63) is 87.7 Å². The Hall–Kier alpha value is -3.09. The zero-order chi connectivity index (χ0) is 22.6. The molecule has 0 aliphatic carbocycles. The van der Waals surface area contributed by atoms with E-state index in [1.165, 1.54) is 36.4 Å². The summed E-state index contributed by atoms with van der Waals surface area (Å²) in [4.78, 5) is 15.7. The van der Waals surface area contributed by atoms with Crippen molar-refractivity contribution in [3.63, 3.8) is 0 Å². The highest BCUT2D eigenvalue weighted by Crippen LogP contribution is 2.34. The van der Waals surface area contributed by atoms with E-state index in [1.54, 1.807) is 24.3 Å². The lowest BCUT2D eigenvalue weighted by Crippen LogP contribution is -2.15. The lowest BCUT2D eigenvalue weighted by atomic mass is 10.1. The quantitative estimate of drug-likeness (QED) is 0.480. The molecule has 0 fully saturated rings. The second-order valence-electron chi connectivity index (χ2n) is 6.42. The number of hydrogen-bond donors (Lipinski definition) is 2. The minimum Gasteiger partial charge on any atom is -0.457 e. The SMILES string of the molecule is [C-]#[N+]c1cc(Cl)cc(Oc2cc(CC(=O)Nc3ccc(S(N)(=O)=O)cc3)ccc2Cl)c1. The number of carbonyl (C=O) groups excluding carboxylic acids is 1. The Morgan fingerprint density at radius 3 is 2.42 bits per heavy atom. The molecule has 7 nitrogen and oxygen atoms in total. The summed E-state index contributed by atoms with van der Waals surface area (Å²) in [5.74, 6) is 0.328. The number of amides is 1. The standard InChI is InChI=1S/C21H15Cl2N3O4S/c1-25-16-10-14(22)11-17(12-16)30-20-8-13(2-7-19(20)23)9-21(27)26-15-3-5-18(6-4-15)31(24,28)29/h2-8,10-12H,9H2,(H,26,27)(H2,24,28,29). The van der Waals surface area contributed by atoms with Crippen LogP contribution >= 0.6 is 23.2 Å². The largest absolute Gasteiger partial charge is 0.457 e. The van der Waals surface area contributed by atoms with E-state index in [1.807, 2.05) is 0 Å². The molecule has 0 atom stereocenters. The molecule has 0 heterocycles. The van der Waals surface area contributed by atoms with Crippen molar-refractivity contribution in [3.8, 4) is 11.5 Å². The van der Waals surface area contributed by atoms with E-state index in [0.717, 1.165) is 0 Å². The van der Waals surface area contributed by atoms with Gasteiger partial charge in [0, 0.05) is 10.7 Å². The summed E-state index contributed by atoms with van der Waals surface area (Å²) < 4.78 is 28.4. The van der Waals surface area contributed by atoms with E-state index in [4.69, 9.17) is 39.6 Å². The minimum absolute atomic E-state index is 0.0211. The molecule has 0 saturated heterocycles. The van der Waals surface area contributed by atoms with Crippen LogP contribution in [0.1, 0.15) is 5.56 Å². The van der Waals surface area contributed by atoms with Crippen molar-refractivity contribution in [2.45, 2.75) is 11.3 Å². The van der Waals surface area contributed by atoms with Gasteiger partial charge in [0.25, 0.3) is 0 Å². The van der Waals surface area contributed by atoms with Gasteiger partial charge in [-0.1, -0.05) is 29.3 Å². The van der Waals surface area contributed by atoms with Gasteiger partial charge in [-0.2, -0.15) is 0 Å². The third-order valence-corrected chi connectivity index (χ3v) is 5.50. The molecule has 3 aromatic carbocycles. The van der Waals surface area contributed by atoms with Crippen LogP contribution in [0.25, 0.3) is 4.85 Å². The average Bonchev–Trinajstić information content (AvgIpc) is 2.69. The highest BCUT2D eigenvalue weighted by atomic mass is 35.5. The van der Waals surface area contributed by atoms with Gasteiger partial charge >= 0.3 is 0 Å². The van der Waals surface area contributed by atoms with Gasteiger partial charge < -0.3 is 10.1 Å². The summed E-state index contributed by atoms with van der Waals surface area (Å²) >= 11 is 12.2. The van der Waals surface area contributed by atoms with Crippen molar-refractivity contribution < 1.29 is 17.9 Å². The van der Waals surface area contributed by atoms with Crippen LogP contribution in [0, 0.1) is 6.57 Å². The van der Waals surface area contributed by atoms with Crippen LogP contribution in [0.15, 0.2) is 65.6 Å². The van der Waals surface area contributed by atoms with Gasteiger partial charge in [-0.25, -0.2) is 18.4 Å². The molecule has 10 heteroatoms. The first kappa shape index (κ1) is 22.6. The highest BCUT2D eigenvalue weighted by Gasteiger charge is 2.11. The number of halogens is 2. The summed E-state index contributed by atoms with van der Waals surface area (Å²) in [5, 5.41) is 8.41. The molecule has 0 aromatic heterocycles. The molecule has 3 aromatic rings. The predicted octanol–water partition coefficient (Wildman–Crippen LogP) is 5.17. The van der Waals surface area contributed by atoms with Gasteiger partial charge in [0.2, 0.25) is 15.9 Å². The van der Waals surface area contributed by atoms with Crippen LogP contribution in [-0.2, 0) is 21.2 Å². The van der Waals surface area contributed by atoms with Crippen LogP contribution in [-0.4, -0.2) is 14.3 Å². The summed E-state index contributed by atoms with van der Waals surface area (Å²) in [6, 6.07) is 15.0. The maximum absolute atomic E-state index is 12.4. The molecule has 3 N–H and O–H groups in total. The van der Waals surface area contributed by atoms with Crippen molar-refractivity contribution in [1.82, 2.24) is 0 Å². The number of sulfonamides is 1. The number of benzene rings is 3. The fourth-order valence-corrected chi connectivity index (χ4v) is 3.54. The highest BCUT2D eigenvalue weighted by molar-refractivity contribution is 7.89. The van der Waals surface area contributed by atoms with E-state index in [0.29, 0.717) is 38.5 Å². The molecular weight excluding hydrogens is 461 g/mol. The van der Waals surface area contributed by atoms with Gasteiger partial charge in [0.05, 0.1) is 22.9 Å². The monoisotopic (exact) mass is 475 g/mol. The Morgan fingerprint density at radius 1 is 1.06 bits per heavy atom. The molecule has 0 unspecified atom stereocenters. The number of hydrogen-bond acceptors (Lipinski definition) is 4. The van der Waals surface area contributed by atoms with Crippen molar-refractivity contribution in [1.29, 1.82) is 0 Å². The molecule has 158 valence electrons. The Morgan fingerprint density at radius 2 is 1.77 bits per heavy atom. The lowest BCUT2D eigenvalue weighted by molar-refractivity contribution is -0.115. The third kappa shape index (κ3) is 6.20. The van der Waals surface area contributed by atoms with Crippen LogP contribution in [0.2, 0.25) is 10.0 Å². The molecule has 0 bridgehead atoms. The number of ether oxygens (including phenoxy) is 1.